The van der Waals surface area contributed by atoms with Crippen molar-refractivity contribution in [2.24, 2.45) is 0 Å². The van der Waals surface area contributed by atoms with Crippen LogP contribution in [0.25, 0.3) is 11.1 Å². The molecule has 0 bridgehead atoms. The first-order chi connectivity index (χ1) is 19.3. The van der Waals surface area contributed by atoms with E-state index in [2.05, 4.69) is 138 Å². The first kappa shape index (κ1) is 24.7. The average Bonchev–Trinajstić information content (AvgIpc) is 3.30. The van der Waals surface area contributed by atoms with Crippen LogP contribution in [0.5, 0.6) is 11.5 Å². The van der Waals surface area contributed by atoms with Crippen LogP contribution in [0.1, 0.15) is 22.3 Å². The van der Waals surface area contributed by atoms with Gasteiger partial charge in [-0.15, -0.1) is 0 Å². The maximum atomic E-state index is 6.17. The van der Waals surface area contributed by atoms with E-state index in [-0.39, 0.29) is 41.5 Å². The maximum absolute atomic E-state index is 6.17. The quantitative estimate of drug-likeness (QED) is 0.162. The molecule has 0 fully saturated rings. The van der Waals surface area contributed by atoms with Crippen molar-refractivity contribution < 1.29 is 9.47 Å². The summed E-state index contributed by atoms with van der Waals surface area (Å²) in [6.07, 6.45) is 8.31. The number of hydrogen-bond acceptors (Lipinski definition) is 2. The van der Waals surface area contributed by atoms with Crippen molar-refractivity contribution >= 4 is 49.5 Å². The third kappa shape index (κ3) is 4.49. The van der Waals surface area contributed by atoms with Crippen LogP contribution in [-0.2, 0) is 5.41 Å². The van der Waals surface area contributed by atoms with E-state index in [1.807, 2.05) is 0 Å². The highest BCUT2D eigenvalue weighted by molar-refractivity contribution is 14.2. The summed E-state index contributed by atoms with van der Waals surface area (Å²) >= 11 is 0.0609. The van der Waals surface area contributed by atoms with E-state index in [0.717, 1.165) is 23.0 Å². The van der Waals surface area contributed by atoms with Crippen molar-refractivity contribution in [2.45, 2.75) is 5.41 Å². The van der Waals surface area contributed by atoms with Gasteiger partial charge in [-0.25, -0.2) is 0 Å². The van der Waals surface area contributed by atoms with Crippen molar-refractivity contribution in [1.82, 2.24) is 0 Å². The number of ether oxygens (including phenoxy) is 2. The number of fused-ring (bicyclic) bond motifs is 3. The molecule has 1 aliphatic carbocycles. The Morgan fingerprint density at radius 3 is 1.33 bits per heavy atom. The van der Waals surface area contributed by atoms with Gasteiger partial charge in [-0.1, -0.05) is 114 Å². The Balaban J connectivity index is 1.36. The predicted molar refractivity (Wildman–Crippen MR) is 180 cm³/mol. The number of allylic oxidation sites excluding steroid dienone is 4. The van der Waals surface area contributed by atoms with E-state index in [9.17, 15) is 0 Å². The second-order valence-electron chi connectivity index (χ2n) is 9.32. The summed E-state index contributed by atoms with van der Waals surface area (Å²) < 4.78 is 21.2. The molecule has 0 spiro atoms. The third-order valence-corrected chi connectivity index (χ3v) is 10.3. The Morgan fingerprint density at radius 2 is 0.923 bits per heavy atom. The fraction of sp³-hybridized carbons (Fsp3) is 0.0286. The molecule has 0 aromatic heterocycles. The molecule has 4 aromatic rings. The van der Waals surface area contributed by atoms with E-state index in [0.29, 0.717) is 0 Å². The highest BCUT2D eigenvalue weighted by Gasteiger charge is 2.45. The number of hydrogen-bond donors (Lipinski definition) is 0. The average molecular weight is 730 g/mol. The van der Waals surface area contributed by atoms with Gasteiger partial charge in [0, 0.05) is 0 Å². The third-order valence-electron chi connectivity index (χ3n) is 7.20. The molecule has 7 rings (SSSR count). The molecule has 2 heterocycles. The minimum atomic E-state index is -0.450. The molecular formula is C35H24I2O2. The zero-order chi connectivity index (χ0) is 26.1. The molecule has 2 aliphatic heterocycles. The van der Waals surface area contributed by atoms with Gasteiger partial charge >= 0.3 is 0 Å². The lowest BCUT2D eigenvalue weighted by Gasteiger charge is -2.34. The van der Waals surface area contributed by atoms with E-state index in [1.54, 1.807) is 0 Å². The lowest BCUT2D eigenvalue weighted by atomic mass is 9.68. The van der Waals surface area contributed by atoms with Crippen molar-refractivity contribution in [3.05, 3.63) is 163 Å². The summed E-state index contributed by atoms with van der Waals surface area (Å²) in [7, 11) is 0. The lowest BCUT2D eigenvalue weighted by Crippen LogP contribution is -2.28. The molecule has 0 atom stereocenters. The Bertz CT molecular complexity index is 1610. The monoisotopic (exact) mass is 730 g/mol. The van der Waals surface area contributed by atoms with Gasteiger partial charge in [-0.2, -0.15) is 0 Å². The standard InChI is InChI=1S/C35H24I2O2/c1-3-7-33-31(5-1)32-6-2-4-8-34(32)35(33,25-9-13-27(14-10-25)38-29-17-21-36-22-18-29)26-11-15-28(16-12-26)39-30-19-23-37-24-20-30/h1-24H. The van der Waals surface area contributed by atoms with Crippen LogP contribution < -0.4 is 9.47 Å². The van der Waals surface area contributed by atoms with Crippen molar-refractivity contribution in [1.29, 1.82) is 0 Å². The van der Waals surface area contributed by atoms with Crippen LogP contribution in [0.15, 0.2) is 141 Å². The first-order valence-corrected chi connectivity index (χ1v) is 17.7. The smallest absolute Gasteiger partial charge is 0.128 e. The molecular weight excluding hydrogens is 706 g/mol. The fourth-order valence-electron chi connectivity index (χ4n) is 5.57. The summed E-state index contributed by atoms with van der Waals surface area (Å²) in [6, 6.07) is 34.9. The van der Waals surface area contributed by atoms with Gasteiger partial charge in [0.1, 0.15) is 23.0 Å². The topological polar surface area (TPSA) is 18.5 Å². The Morgan fingerprint density at radius 1 is 0.487 bits per heavy atom. The molecule has 0 amide bonds. The largest absolute Gasteiger partial charge is 0.457 e. The van der Waals surface area contributed by atoms with Crippen LogP contribution in [0.4, 0.5) is 0 Å². The van der Waals surface area contributed by atoms with Crippen molar-refractivity contribution in [3.63, 3.8) is 0 Å². The van der Waals surface area contributed by atoms with Gasteiger partial charge in [0.15, 0.2) is 0 Å². The van der Waals surface area contributed by atoms with Crippen LogP contribution in [0, 0.1) is 0 Å². The summed E-state index contributed by atoms with van der Waals surface area (Å²) in [6.45, 7) is 0. The molecule has 0 unspecified atom stereocenters. The van der Waals surface area contributed by atoms with Gasteiger partial charge in [0.2, 0.25) is 0 Å². The molecule has 0 radical (unpaired) electrons. The molecule has 3 aliphatic rings. The van der Waals surface area contributed by atoms with Gasteiger partial charge in [-0.05, 0) is 98.1 Å². The van der Waals surface area contributed by atoms with E-state index in [4.69, 9.17) is 9.47 Å². The molecule has 190 valence electrons. The van der Waals surface area contributed by atoms with Gasteiger partial charge in [0.05, 0.1) is 5.41 Å². The second-order valence-corrected chi connectivity index (χ2v) is 13.6. The number of halogens is 2. The fourth-order valence-corrected chi connectivity index (χ4v) is 8.29. The molecule has 4 heteroatoms. The Kier molecular flexibility index (Phi) is 6.74. The zero-order valence-corrected chi connectivity index (χ0v) is 25.2. The van der Waals surface area contributed by atoms with Crippen LogP contribution in [0.3, 0.4) is 0 Å². The van der Waals surface area contributed by atoms with Crippen molar-refractivity contribution in [3.8, 4) is 22.6 Å². The normalized spacial score (nSPS) is 16.2. The van der Waals surface area contributed by atoms with E-state index >= 15 is 0 Å². The van der Waals surface area contributed by atoms with Gasteiger partial charge in [0.25, 0.3) is 0 Å². The molecule has 2 nitrogen and oxygen atoms in total. The lowest BCUT2D eigenvalue weighted by molar-refractivity contribution is 0.445. The zero-order valence-electron chi connectivity index (χ0n) is 20.9. The van der Waals surface area contributed by atoms with Crippen molar-refractivity contribution in [2.75, 3.05) is 0 Å². The minimum absolute atomic E-state index is 0.0305. The van der Waals surface area contributed by atoms with Gasteiger partial charge in [-0.3, -0.25) is 0 Å². The first-order valence-electron chi connectivity index (χ1n) is 12.7. The maximum Gasteiger partial charge on any atom is 0.128 e. The molecule has 4 aromatic carbocycles. The van der Waals surface area contributed by atoms with Crippen LogP contribution in [0.2, 0.25) is 0 Å². The molecule has 0 N–H and O–H groups in total. The number of rotatable bonds is 6. The number of benzene rings is 4. The summed E-state index contributed by atoms with van der Waals surface area (Å²) in [5, 5.41) is 0. The van der Waals surface area contributed by atoms with Crippen LogP contribution >= 0.6 is 41.5 Å². The second kappa shape index (κ2) is 10.7. The molecule has 39 heavy (non-hydrogen) atoms. The highest BCUT2D eigenvalue weighted by atomic mass is 127. The molecule has 0 saturated carbocycles. The highest BCUT2D eigenvalue weighted by Crippen LogP contribution is 2.56. The SMILES string of the molecule is C1=CC(Oc2ccc(C3(c4ccc(OC5=CC=IC=C5)cc4)c4ccccc4-c4ccccc43)cc2)=CC=I1. The minimum Gasteiger partial charge on any atom is -0.457 e. The Labute approximate surface area is 248 Å². The van der Waals surface area contributed by atoms with Crippen LogP contribution in [-0.4, -0.2) is 8.02 Å². The summed E-state index contributed by atoms with van der Waals surface area (Å²) in [4.78, 5) is 0. The summed E-state index contributed by atoms with van der Waals surface area (Å²) in [5.74, 6) is 3.46. The van der Waals surface area contributed by atoms with E-state index in [1.165, 1.54) is 33.4 Å². The summed E-state index contributed by atoms with van der Waals surface area (Å²) in [5.41, 5.74) is 7.12. The Hall–Kier alpha value is -3.36. The molecule has 0 saturated heterocycles. The predicted octanol–water partition coefficient (Wildman–Crippen LogP) is 9.18. The van der Waals surface area contributed by atoms with Gasteiger partial charge < -0.3 is 9.47 Å². The van der Waals surface area contributed by atoms with E-state index < -0.39 is 5.41 Å².